The molecule has 0 aliphatic heterocycles. The number of nitrogens with one attached hydrogen (secondary N) is 1. The second-order valence-electron chi connectivity index (χ2n) is 4.74. The van der Waals surface area contributed by atoms with Gasteiger partial charge in [0.15, 0.2) is 0 Å². The zero-order chi connectivity index (χ0) is 17.5. The molecule has 0 aliphatic rings. The number of carbonyl (C=O) groups excluding carboxylic acids is 1. The first-order valence-electron chi connectivity index (χ1n) is 6.95. The first-order valence-corrected chi connectivity index (χ1v) is 10.3. The van der Waals surface area contributed by atoms with Crippen LogP contribution in [0.5, 0.6) is 5.75 Å². The minimum atomic E-state index is -5.15. The van der Waals surface area contributed by atoms with Gasteiger partial charge >= 0.3 is 88.1 Å². The maximum atomic E-state index is 11.0. The maximum Gasteiger partial charge on any atom is -0.0307 e. The van der Waals surface area contributed by atoms with E-state index in [4.69, 9.17) is 8.19 Å². The van der Waals surface area contributed by atoms with E-state index in [2.05, 4.69) is 36.5 Å². The van der Waals surface area contributed by atoms with Crippen LogP contribution < -0.4 is 9.67 Å². The summed E-state index contributed by atoms with van der Waals surface area (Å²) in [6.07, 6.45) is 1.14. The number of hydrogen-bond acceptors (Lipinski definition) is 3. The quantitative estimate of drug-likeness (QED) is 0.472. The number of amides is 1. The van der Waals surface area contributed by atoms with Crippen molar-refractivity contribution in [2.75, 3.05) is 5.32 Å². The number of benzene rings is 2. The normalized spacial score (nSPS) is 10.4. The number of rotatable bonds is 3. The Labute approximate surface area is 137 Å². The summed E-state index contributed by atoms with van der Waals surface area (Å²) in [6.45, 7) is 3.39. The van der Waals surface area contributed by atoms with E-state index >= 15 is 0 Å². The van der Waals surface area contributed by atoms with E-state index in [1.165, 1.54) is 24.6 Å². The second kappa shape index (κ2) is 8.58. The predicted octanol–water partition coefficient (Wildman–Crippen LogP) is 1.16. The fourth-order valence-corrected chi connectivity index (χ4v) is 3.19. The number of para-hydroxylation sites is 1. The van der Waals surface area contributed by atoms with Crippen LogP contribution in [0.25, 0.3) is 0 Å². The van der Waals surface area contributed by atoms with Crippen molar-refractivity contribution in [1.29, 1.82) is 0 Å². The summed E-state index contributed by atoms with van der Waals surface area (Å²) in [5.41, 5.74) is 1.40. The molecule has 4 N–H and O–H groups in total. The molecule has 124 valence electrons. The third-order valence-corrected chi connectivity index (χ3v) is 4.96. The Kier molecular flexibility index (Phi) is 7.10. The van der Waals surface area contributed by atoms with Gasteiger partial charge in [-0.1, -0.05) is 37.3 Å². The minimum Gasteiger partial charge on any atom is -0.0622 e. The zero-order valence-electron chi connectivity index (χ0n) is 12.9. The monoisotopic (exact) mass is 381 g/mol. The molecule has 2 aromatic rings. The van der Waals surface area contributed by atoms with Crippen molar-refractivity contribution in [2.45, 2.75) is 20.3 Å². The van der Waals surface area contributed by atoms with Gasteiger partial charge in [0.25, 0.3) is 0 Å². The summed E-state index contributed by atoms with van der Waals surface area (Å²) in [6, 6.07) is 14.3. The number of hydrogen-bond donors (Lipinski definition) is 4. The third-order valence-electron chi connectivity index (χ3n) is 2.89. The molecule has 0 unspecified atom stereocenters. The number of anilines is 1. The smallest absolute Gasteiger partial charge is 0.0307 e. The molecule has 0 saturated carbocycles. The zero-order valence-corrected chi connectivity index (χ0v) is 14.8. The van der Waals surface area contributed by atoms with Gasteiger partial charge in [-0.25, -0.2) is 0 Å². The third kappa shape index (κ3) is 6.32. The Balaban J connectivity index is 0.000000277. The second-order valence-corrected chi connectivity index (χ2v) is 8.03. The van der Waals surface area contributed by atoms with Crippen LogP contribution in [0.1, 0.15) is 19.4 Å². The van der Waals surface area contributed by atoms with Gasteiger partial charge in [-0.15, -0.1) is 0 Å². The number of phenols is 1. The first kappa shape index (κ1) is 19.0. The van der Waals surface area contributed by atoms with E-state index in [9.17, 15) is 13.6 Å². The molecule has 0 fully saturated rings. The van der Waals surface area contributed by atoms with Crippen molar-refractivity contribution in [3.63, 3.8) is 0 Å². The van der Waals surface area contributed by atoms with Gasteiger partial charge < -0.3 is 0 Å². The van der Waals surface area contributed by atoms with Crippen molar-refractivity contribution in [3.05, 3.63) is 54.1 Å². The number of aryl methyl sites for hydroxylation is 1. The number of phenolic OH excluding ortho intramolecular Hbond substituents is 1. The van der Waals surface area contributed by atoms with Crippen LogP contribution >= 0.6 is 0 Å². The van der Waals surface area contributed by atoms with Gasteiger partial charge in [0, 0.05) is 0 Å². The molecule has 0 saturated heterocycles. The summed E-state index contributed by atoms with van der Waals surface area (Å²) in [5, 5.41) is 11.7. The van der Waals surface area contributed by atoms with E-state index in [0.29, 0.717) is 0 Å². The number of aromatic hydroxyl groups is 1. The molecule has 0 spiro atoms. The van der Waals surface area contributed by atoms with Gasteiger partial charge in [0.05, 0.1) is 0 Å². The largest absolute Gasteiger partial charge is 0.0622 e. The molecule has 0 atom stereocenters. The van der Waals surface area contributed by atoms with Crippen molar-refractivity contribution in [3.8, 4) is 5.75 Å². The average molecular weight is 381 g/mol. The Hall–Kier alpha value is -2.01. The molecule has 7 heteroatoms. The fraction of sp³-hybridized carbons (Fsp3) is 0.188. The van der Waals surface area contributed by atoms with Crippen molar-refractivity contribution < 1.29 is 21.8 Å². The van der Waals surface area contributed by atoms with E-state index in [1.807, 2.05) is 6.07 Å². The van der Waals surface area contributed by atoms with E-state index < -0.39 is 30.2 Å². The summed E-state index contributed by atoms with van der Waals surface area (Å²) in [4.78, 5) is 10.7. The van der Waals surface area contributed by atoms with E-state index in [-0.39, 0.29) is 5.69 Å². The Bertz CT molecular complexity index is 697. The molecule has 1 amide bonds. The molecule has 0 aliphatic carbocycles. The Morgan fingerprint density at radius 3 is 2.13 bits per heavy atom. The molecule has 0 heterocycles. The van der Waals surface area contributed by atoms with Crippen LogP contribution in [0.2, 0.25) is 0 Å². The van der Waals surface area contributed by atoms with Gasteiger partial charge in [0.2, 0.25) is 0 Å². The molecule has 2 rings (SSSR count). The minimum absolute atomic E-state index is 0.00951. The van der Waals surface area contributed by atoms with E-state index in [1.54, 1.807) is 0 Å². The average Bonchev–Trinajstić information content (AvgIpc) is 2.49. The van der Waals surface area contributed by atoms with Gasteiger partial charge in [-0.2, -0.15) is 0 Å². The topological polar surface area (TPSA) is 107 Å². The molecule has 0 radical (unpaired) electrons. The summed E-state index contributed by atoms with van der Waals surface area (Å²) in [5.74, 6) is -1.01. The van der Waals surface area contributed by atoms with Crippen LogP contribution in [0, 0.1) is 0 Å². The van der Waals surface area contributed by atoms with Crippen LogP contribution in [0.4, 0.5) is 5.69 Å². The molecule has 0 aromatic heterocycles. The maximum absolute atomic E-state index is 11.0. The first-order chi connectivity index (χ1) is 10.8. The summed E-state index contributed by atoms with van der Waals surface area (Å²) < 4.78 is 28.4. The summed E-state index contributed by atoms with van der Waals surface area (Å²) >= 11 is -5.15. The van der Waals surface area contributed by atoms with Crippen molar-refractivity contribution >= 4 is 30.1 Å². The van der Waals surface area contributed by atoms with Gasteiger partial charge in [0.1, 0.15) is 0 Å². The summed E-state index contributed by atoms with van der Waals surface area (Å²) in [7, 11) is 0. The van der Waals surface area contributed by atoms with Crippen LogP contribution in [-0.2, 0) is 15.0 Å². The van der Waals surface area contributed by atoms with Gasteiger partial charge in [-0.05, 0) is 12.0 Å². The predicted molar refractivity (Wildman–Crippen MR) is 88.7 cm³/mol. The van der Waals surface area contributed by atoms with Crippen LogP contribution in [0.15, 0.2) is 48.5 Å². The van der Waals surface area contributed by atoms with Crippen LogP contribution in [0.3, 0.4) is 0 Å². The molecule has 0 bridgehead atoms. The van der Waals surface area contributed by atoms with Gasteiger partial charge in [-0.3, -0.25) is 0 Å². The molecular formula is C16H20AsNO5. The molecule has 6 nitrogen and oxygen atoms in total. The fourth-order valence-electron chi connectivity index (χ4n) is 1.77. The number of carbonyl (C=O) groups is 1. The van der Waals surface area contributed by atoms with E-state index in [0.717, 1.165) is 12.5 Å². The Morgan fingerprint density at radius 2 is 1.70 bits per heavy atom. The van der Waals surface area contributed by atoms with Crippen molar-refractivity contribution in [2.24, 2.45) is 0 Å². The van der Waals surface area contributed by atoms with Crippen molar-refractivity contribution in [1.82, 2.24) is 0 Å². The molecule has 23 heavy (non-hydrogen) atoms. The SMILES string of the molecule is CC(=O)Nc1cccc([As](=O)(O)O)c1O.CCc1ccccc1. The molecular weight excluding hydrogens is 361 g/mol. The van der Waals surface area contributed by atoms with Crippen LogP contribution in [-0.4, -0.2) is 33.4 Å². The molecule has 2 aromatic carbocycles. The Morgan fingerprint density at radius 1 is 1.09 bits per heavy atom. The standard InChI is InChI=1S/C8H10AsNO5.C8H10/c1-5(11)10-7-4-2-3-6(8(7)12)9(13,14)15;1-2-8-6-4-3-5-7-8/h2-4,12H,1H3,(H,10,11)(H2,13,14,15);3-7H,2H2,1H3.